The lowest BCUT2D eigenvalue weighted by molar-refractivity contribution is 0.0971. The first-order valence-corrected chi connectivity index (χ1v) is 4.71. The molecule has 0 N–H and O–H groups in total. The molecule has 0 spiro atoms. The summed E-state index contributed by atoms with van der Waals surface area (Å²) in [4.78, 5) is 0.729. The fraction of sp³-hybridized carbons (Fsp3) is 1.00. The Morgan fingerprint density at radius 1 is 1.70 bits per heavy atom. The first kappa shape index (κ1) is 8.54. The molecule has 2 unspecified atom stereocenters. The summed E-state index contributed by atoms with van der Waals surface area (Å²) in [6.07, 6.45) is 3.87. The smallest absolute Gasteiger partial charge is 0.0516 e. The van der Waals surface area contributed by atoms with Gasteiger partial charge in [-0.25, -0.2) is 0 Å². The Morgan fingerprint density at radius 2 is 2.40 bits per heavy atom. The quantitative estimate of drug-likeness (QED) is 0.632. The summed E-state index contributed by atoms with van der Waals surface area (Å²) in [5, 5.41) is 0. The number of ether oxygens (including phenoxy) is 1. The van der Waals surface area contributed by atoms with Crippen LogP contribution in [0.3, 0.4) is 0 Å². The average molecular weight is 207 g/mol. The third-order valence-electron chi connectivity index (χ3n) is 2.27. The SMILES string of the molecule is COCC1(C)CCC(Br)C1. The highest BCUT2D eigenvalue weighted by molar-refractivity contribution is 9.09. The van der Waals surface area contributed by atoms with Crippen molar-refractivity contribution in [1.29, 1.82) is 0 Å². The molecule has 0 aromatic carbocycles. The Balaban J connectivity index is 2.38. The molecule has 0 aromatic heterocycles. The summed E-state index contributed by atoms with van der Waals surface area (Å²) in [6.45, 7) is 3.22. The monoisotopic (exact) mass is 206 g/mol. The Morgan fingerprint density at radius 3 is 2.80 bits per heavy atom. The van der Waals surface area contributed by atoms with E-state index < -0.39 is 0 Å². The van der Waals surface area contributed by atoms with E-state index in [1.807, 2.05) is 0 Å². The van der Waals surface area contributed by atoms with Gasteiger partial charge in [0.05, 0.1) is 6.61 Å². The highest BCUT2D eigenvalue weighted by Gasteiger charge is 2.33. The van der Waals surface area contributed by atoms with Crippen LogP contribution in [0, 0.1) is 5.41 Å². The van der Waals surface area contributed by atoms with Crippen LogP contribution < -0.4 is 0 Å². The van der Waals surface area contributed by atoms with Crippen LogP contribution in [-0.4, -0.2) is 18.5 Å². The second-order valence-corrected chi connectivity index (χ2v) is 4.88. The van der Waals surface area contributed by atoms with Crippen molar-refractivity contribution >= 4 is 15.9 Å². The van der Waals surface area contributed by atoms with Gasteiger partial charge in [-0.05, 0) is 24.7 Å². The lowest BCUT2D eigenvalue weighted by Crippen LogP contribution is -2.18. The number of hydrogen-bond acceptors (Lipinski definition) is 1. The van der Waals surface area contributed by atoms with Gasteiger partial charge < -0.3 is 4.74 Å². The summed E-state index contributed by atoms with van der Waals surface area (Å²) < 4.78 is 5.16. The molecule has 2 atom stereocenters. The lowest BCUT2D eigenvalue weighted by atomic mass is 9.90. The molecule has 1 fully saturated rings. The van der Waals surface area contributed by atoms with Gasteiger partial charge in [0.15, 0.2) is 0 Å². The van der Waals surface area contributed by atoms with Crippen molar-refractivity contribution in [2.75, 3.05) is 13.7 Å². The standard InChI is InChI=1S/C8H15BrO/c1-8(6-10-2)4-3-7(9)5-8/h7H,3-6H2,1-2H3. The molecule has 0 aromatic rings. The van der Waals surface area contributed by atoms with E-state index in [1.54, 1.807) is 7.11 Å². The summed E-state index contributed by atoms with van der Waals surface area (Å²) in [5.74, 6) is 0. The van der Waals surface area contributed by atoms with Gasteiger partial charge in [0.1, 0.15) is 0 Å². The van der Waals surface area contributed by atoms with E-state index in [1.165, 1.54) is 19.3 Å². The van der Waals surface area contributed by atoms with E-state index in [2.05, 4.69) is 22.9 Å². The minimum absolute atomic E-state index is 0.447. The van der Waals surface area contributed by atoms with Gasteiger partial charge >= 0.3 is 0 Å². The van der Waals surface area contributed by atoms with Crippen LogP contribution in [0.5, 0.6) is 0 Å². The predicted molar refractivity (Wildman–Crippen MR) is 46.5 cm³/mol. The molecule has 0 heterocycles. The van der Waals surface area contributed by atoms with Gasteiger partial charge in [0.25, 0.3) is 0 Å². The average Bonchev–Trinajstić information content (AvgIpc) is 2.12. The zero-order chi connectivity index (χ0) is 7.61. The minimum atomic E-state index is 0.447. The Kier molecular flexibility index (Phi) is 2.75. The van der Waals surface area contributed by atoms with E-state index in [-0.39, 0.29) is 0 Å². The van der Waals surface area contributed by atoms with Crippen molar-refractivity contribution in [3.63, 3.8) is 0 Å². The number of methoxy groups -OCH3 is 1. The van der Waals surface area contributed by atoms with Crippen LogP contribution in [0.25, 0.3) is 0 Å². The molecular formula is C8H15BrO. The van der Waals surface area contributed by atoms with Gasteiger partial charge in [0, 0.05) is 11.9 Å². The molecule has 0 aliphatic heterocycles. The normalized spacial score (nSPS) is 40.5. The highest BCUT2D eigenvalue weighted by atomic mass is 79.9. The van der Waals surface area contributed by atoms with Gasteiger partial charge in [-0.1, -0.05) is 22.9 Å². The fourth-order valence-corrected chi connectivity index (χ4v) is 2.73. The van der Waals surface area contributed by atoms with Crippen LogP contribution in [0.4, 0.5) is 0 Å². The maximum absolute atomic E-state index is 5.16. The number of hydrogen-bond donors (Lipinski definition) is 0. The first-order valence-electron chi connectivity index (χ1n) is 3.79. The maximum atomic E-state index is 5.16. The first-order chi connectivity index (χ1) is 4.66. The molecular weight excluding hydrogens is 192 g/mol. The zero-order valence-electron chi connectivity index (χ0n) is 6.69. The molecule has 0 bridgehead atoms. The zero-order valence-corrected chi connectivity index (χ0v) is 8.28. The van der Waals surface area contributed by atoms with E-state index in [0.717, 1.165) is 11.4 Å². The second kappa shape index (κ2) is 3.22. The Hall–Kier alpha value is 0.440. The van der Waals surface area contributed by atoms with Crippen LogP contribution in [-0.2, 0) is 4.74 Å². The van der Waals surface area contributed by atoms with Crippen LogP contribution in [0.2, 0.25) is 0 Å². The van der Waals surface area contributed by atoms with Gasteiger partial charge in [-0.3, -0.25) is 0 Å². The molecule has 60 valence electrons. The summed E-state index contributed by atoms with van der Waals surface area (Å²) in [6, 6.07) is 0. The third-order valence-corrected chi connectivity index (χ3v) is 3.05. The summed E-state index contributed by atoms with van der Waals surface area (Å²) in [5.41, 5.74) is 0.447. The van der Waals surface area contributed by atoms with E-state index in [4.69, 9.17) is 4.74 Å². The van der Waals surface area contributed by atoms with Crippen molar-refractivity contribution in [3.8, 4) is 0 Å². The third kappa shape index (κ3) is 1.96. The van der Waals surface area contributed by atoms with Crippen molar-refractivity contribution in [2.45, 2.75) is 31.0 Å². The van der Waals surface area contributed by atoms with Crippen molar-refractivity contribution in [2.24, 2.45) is 5.41 Å². The maximum Gasteiger partial charge on any atom is 0.0516 e. The topological polar surface area (TPSA) is 9.23 Å². The predicted octanol–water partition coefficient (Wildman–Crippen LogP) is 2.59. The molecule has 1 aliphatic carbocycles. The number of halogens is 1. The summed E-state index contributed by atoms with van der Waals surface area (Å²) >= 11 is 3.63. The lowest BCUT2D eigenvalue weighted by Gasteiger charge is -2.21. The molecule has 0 radical (unpaired) electrons. The highest BCUT2D eigenvalue weighted by Crippen LogP contribution is 2.40. The van der Waals surface area contributed by atoms with Crippen LogP contribution >= 0.6 is 15.9 Å². The van der Waals surface area contributed by atoms with E-state index in [0.29, 0.717) is 5.41 Å². The number of alkyl halides is 1. The fourth-order valence-electron chi connectivity index (χ4n) is 1.72. The van der Waals surface area contributed by atoms with E-state index in [9.17, 15) is 0 Å². The molecule has 1 nitrogen and oxygen atoms in total. The molecule has 10 heavy (non-hydrogen) atoms. The Bertz CT molecular complexity index is 112. The molecule has 0 saturated heterocycles. The van der Waals surface area contributed by atoms with Gasteiger partial charge in [-0.2, -0.15) is 0 Å². The molecule has 1 saturated carbocycles. The Labute approximate surface area is 71.3 Å². The largest absolute Gasteiger partial charge is 0.384 e. The minimum Gasteiger partial charge on any atom is -0.384 e. The van der Waals surface area contributed by atoms with Crippen molar-refractivity contribution in [1.82, 2.24) is 0 Å². The van der Waals surface area contributed by atoms with Gasteiger partial charge in [-0.15, -0.1) is 0 Å². The van der Waals surface area contributed by atoms with Crippen molar-refractivity contribution < 1.29 is 4.74 Å². The molecule has 0 amide bonds. The van der Waals surface area contributed by atoms with Crippen LogP contribution in [0.15, 0.2) is 0 Å². The molecule has 2 heteroatoms. The second-order valence-electron chi connectivity index (χ2n) is 3.58. The molecule has 1 rings (SSSR count). The van der Waals surface area contributed by atoms with Crippen LogP contribution in [0.1, 0.15) is 26.2 Å². The van der Waals surface area contributed by atoms with Gasteiger partial charge in [0.2, 0.25) is 0 Å². The van der Waals surface area contributed by atoms with E-state index >= 15 is 0 Å². The molecule has 1 aliphatic rings. The van der Waals surface area contributed by atoms with Crippen molar-refractivity contribution in [3.05, 3.63) is 0 Å². The summed E-state index contributed by atoms with van der Waals surface area (Å²) in [7, 11) is 1.78. The number of rotatable bonds is 2.